The fourth-order valence-corrected chi connectivity index (χ4v) is 1.79. The number of carbonyl (C=O) groups is 1. The third-order valence-electron chi connectivity index (χ3n) is 2.94. The van der Waals surface area contributed by atoms with E-state index in [1.54, 1.807) is 0 Å². The highest BCUT2D eigenvalue weighted by molar-refractivity contribution is 5.83. The second-order valence-corrected chi connectivity index (χ2v) is 4.77. The second-order valence-electron chi connectivity index (χ2n) is 4.77. The summed E-state index contributed by atoms with van der Waals surface area (Å²) in [6.45, 7) is -0.439. The van der Waals surface area contributed by atoms with Gasteiger partial charge in [0.05, 0.1) is 19.3 Å². The molecule has 1 amide bonds. The van der Waals surface area contributed by atoms with Crippen molar-refractivity contribution in [3.8, 4) is 0 Å². The van der Waals surface area contributed by atoms with Crippen LogP contribution >= 0.6 is 0 Å². The number of aliphatic hydroxyl groups is 2. The van der Waals surface area contributed by atoms with Gasteiger partial charge in [-0.25, -0.2) is 9.59 Å². The van der Waals surface area contributed by atoms with Crippen molar-refractivity contribution >= 4 is 11.9 Å². The quantitative estimate of drug-likeness (QED) is 0.708. The molecule has 3 N–H and O–H groups in total. The highest BCUT2D eigenvalue weighted by Crippen LogP contribution is 2.03. The summed E-state index contributed by atoms with van der Waals surface area (Å²) < 4.78 is 6.14. The van der Waals surface area contributed by atoms with E-state index in [0.717, 1.165) is 10.1 Å². The van der Waals surface area contributed by atoms with E-state index in [9.17, 15) is 14.7 Å². The number of benzene rings is 1. The molecule has 0 radical (unpaired) electrons. The summed E-state index contributed by atoms with van der Waals surface area (Å²) in [4.78, 5) is 27.0. The lowest BCUT2D eigenvalue weighted by molar-refractivity contribution is 0.0800. The zero-order valence-electron chi connectivity index (χ0n) is 12.3. The smallest absolute Gasteiger partial charge is 0.413 e. The van der Waals surface area contributed by atoms with E-state index in [1.165, 1.54) is 12.3 Å². The van der Waals surface area contributed by atoms with Crippen molar-refractivity contribution in [3.05, 3.63) is 58.6 Å². The highest BCUT2D eigenvalue weighted by Gasteiger charge is 2.09. The SMILES string of the molecule is O=C(Nc1ccn(C[C@H](O)CO)c(=O)n1)OCc1ccccc1. The summed E-state index contributed by atoms with van der Waals surface area (Å²) in [7, 11) is 0. The first-order valence-electron chi connectivity index (χ1n) is 6.92. The van der Waals surface area contributed by atoms with Gasteiger partial charge in [-0.15, -0.1) is 0 Å². The predicted octanol–water partition coefficient (Wildman–Crippen LogP) is 0.345. The number of rotatable bonds is 6. The molecule has 2 aromatic rings. The van der Waals surface area contributed by atoms with Gasteiger partial charge in [0.15, 0.2) is 0 Å². The number of hydrogen-bond donors (Lipinski definition) is 3. The van der Waals surface area contributed by atoms with Crippen LogP contribution in [0, 0.1) is 0 Å². The number of nitrogens with one attached hydrogen (secondary N) is 1. The van der Waals surface area contributed by atoms with Gasteiger partial charge in [0.1, 0.15) is 12.4 Å². The molecule has 0 aliphatic heterocycles. The molecule has 0 bridgehead atoms. The molecular formula is C15H17N3O5. The molecular weight excluding hydrogens is 302 g/mol. The van der Waals surface area contributed by atoms with Crippen molar-refractivity contribution in [1.29, 1.82) is 0 Å². The molecule has 122 valence electrons. The van der Waals surface area contributed by atoms with Crippen LogP contribution < -0.4 is 11.0 Å². The van der Waals surface area contributed by atoms with Gasteiger partial charge in [-0.3, -0.25) is 9.88 Å². The van der Waals surface area contributed by atoms with Gasteiger partial charge in [-0.2, -0.15) is 4.98 Å². The molecule has 0 unspecified atom stereocenters. The minimum absolute atomic E-state index is 0.0443. The number of ether oxygens (including phenoxy) is 1. The molecule has 0 fully saturated rings. The summed E-state index contributed by atoms with van der Waals surface area (Å²) >= 11 is 0. The van der Waals surface area contributed by atoms with Crippen molar-refractivity contribution < 1.29 is 19.7 Å². The molecule has 0 saturated carbocycles. The number of nitrogens with zero attached hydrogens (tertiary/aromatic N) is 2. The fraction of sp³-hybridized carbons (Fsp3) is 0.267. The average molecular weight is 319 g/mol. The van der Waals surface area contributed by atoms with Gasteiger partial charge in [-0.05, 0) is 11.6 Å². The van der Waals surface area contributed by atoms with E-state index in [1.807, 2.05) is 30.3 Å². The van der Waals surface area contributed by atoms with Crippen LogP contribution in [0.25, 0.3) is 0 Å². The fourth-order valence-electron chi connectivity index (χ4n) is 1.79. The zero-order valence-corrected chi connectivity index (χ0v) is 12.3. The number of aliphatic hydroxyl groups excluding tert-OH is 2. The first kappa shape index (κ1) is 16.7. The monoisotopic (exact) mass is 319 g/mol. The minimum Gasteiger partial charge on any atom is -0.444 e. The maximum Gasteiger partial charge on any atom is 0.413 e. The summed E-state index contributed by atoms with van der Waals surface area (Å²) in [6.07, 6.45) is -0.417. The summed E-state index contributed by atoms with van der Waals surface area (Å²) in [5.74, 6) is 0.0443. The van der Waals surface area contributed by atoms with Crippen LogP contribution in [0.15, 0.2) is 47.4 Å². The van der Waals surface area contributed by atoms with Crippen LogP contribution in [0.4, 0.5) is 10.6 Å². The topological polar surface area (TPSA) is 114 Å². The van der Waals surface area contributed by atoms with Gasteiger partial charge in [0.2, 0.25) is 0 Å². The van der Waals surface area contributed by atoms with Crippen molar-refractivity contribution in [2.24, 2.45) is 0 Å². The van der Waals surface area contributed by atoms with Gasteiger partial charge in [0, 0.05) is 6.20 Å². The largest absolute Gasteiger partial charge is 0.444 e. The molecule has 0 spiro atoms. The maximum absolute atomic E-state index is 11.7. The van der Waals surface area contributed by atoms with Crippen molar-refractivity contribution in [2.75, 3.05) is 11.9 Å². The highest BCUT2D eigenvalue weighted by atomic mass is 16.5. The Morgan fingerprint density at radius 3 is 2.70 bits per heavy atom. The Kier molecular flexibility index (Phi) is 5.84. The van der Waals surface area contributed by atoms with Crippen LogP contribution in [-0.4, -0.2) is 38.6 Å². The van der Waals surface area contributed by atoms with Gasteiger partial charge in [-0.1, -0.05) is 30.3 Å². The second kappa shape index (κ2) is 8.06. The molecule has 2 rings (SSSR count). The Hall–Kier alpha value is -2.71. The molecule has 1 heterocycles. The molecule has 0 aliphatic carbocycles. The van der Waals surface area contributed by atoms with Crippen LogP contribution in [0.5, 0.6) is 0 Å². The Morgan fingerprint density at radius 1 is 1.30 bits per heavy atom. The van der Waals surface area contributed by atoms with Crippen molar-refractivity contribution in [3.63, 3.8) is 0 Å². The summed E-state index contributed by atoms with van der Waals surface area (Å²) in [5, 5.41) is 20.4. The lowest BCUT2D eigenvalue weighted by Crippen LogP contribution is -2.30. The molecule has 8 heteroatoms. The van der Waals surface area contributed by atoms with Crippen LogP contribution in [0.1, 0.15) is 5.56 Å². The van der Waals surface area contributed by atoms with Crippen LogP contribution in [0.3, 0.4) is 0 Å². The lowest BCUT2D eigenvalue weighted by Gasteiger charge is -2.10. The van der Waals surface area contributed by atoms with Gasteiger partial charge in [0.25, 0.3) is 0 Å². The normalized spacial score (nSPS) is 11.7. The Labute approximate surface area is 132 Å². The number of hydrogen-bond acceptors (Lipinski definition) is 6. The first-order chi connectivity index (χ1) is 11.1. The Morgan fingerprint density at radius 2 is 2.04 bits per heavy atom. The van der Waals surface area contributed by atoms with Gasteiger partial charge >= 0.3 is 11.8 Å². The molecule has 1 aromatic carbocycles. The molecule has 1 aromatic heterocycles. The molecule has 23 heavy (non-hydrogen) atoms. The van der Waals surface area contributed by atoms with E-state index in [4.69, 9.17) is 9.84 Å². The maximum atomic E-state index is 11.7. The standard InChI is InChI=1S/C15H17N3O5/c19-9-12(20)8-18-7-6-13(16-14(18)21)17-15(22)23-10-11-4-2-1-3-5-11/h1-7,12,19-20H,8-10H2,(H,16,17,21,22)/t12-/m0/s1. The minimum atomic E-state index is -1.05. The van der Waals surface area contributed by atoms with E-state index >= 15 is 0 Å². The number of amides is 1. The van der Waals surface area contributed by atoms with Crippen LogP contribution in [0.2, 0.25) is 0 Å². The predicted molar refractivity (Wildman–Crippen MR) is 81.8 cm³/mol. The Bertz CT molecular complexity index is 702. The van der Waals surface area contributed by atoms with Crippen molar-refractivity contribution in [1.82, 2.24) is 9.55 Å². The number of aromatic nitrogens is 2. The van der Waals surface area contributed by atoms with Crippen molar-refractivity contribution in [2.45, 2.75) is 19.3 Å². The van der Waals surface area contributed by atoms with E-state index in [2.05, 4.69) is 10.3 Å². The number of carbonyl (C=O) groups excluding carboxylic acids is 1. The van der Waals surface area contributed by atoms with E-state index < -0.39 is 24.5 Å². The zero-order chi connectivity index (χ0) is 16.7. The third kappa shape index (κ3) is 5.20. The molecule has 0 aliphatic rings. The van der Waals surface area contributed by atoms with Crippen LogP contribution in [-0.2, 0) is 17.9 Å². The Balaban J connectivity index is 1.91. The molecule has 0 saturated heterocycles. The first-order valence-corrected chi connectivity index (χ1v) is 6.92. The van der Waals surface area contributed by atoms with E-state index in [-0.39, 0.29) is 19.0 Å². The van der Waals surface area contributed by atoms with E-state index in [0.29, 0.717) is 0 Å². The number of anilines is 1. The lowest BCUT2D eigenvalue weighted by atomic mass is 10.2. The summed E-state index contributed by atoms with van der Waals surface area (Å²) in [6, 6.07) is 10.6. The van der Waals surface area contributed by atoms with Gasteiger partial charge < -0.3 is 14.9 Å². The summed E-state index contributed by atoms with van der Waals surface area (Å²) in [5.41, 5.74) is 0.183. The third-order valence-corrected chi connectivity index (χ3v) is 2.94. The molecule has 8 nitrogen and oxygen atoms in total. The average Bonchev–Trinajstić information content (AvgIpc) is 2.56. The molecule has 1 atom stereocenters.